The summed E-state index contributed by atoms with van der Waals surface area (Å²) >= 11 is 6.03. The highest BCUT2D eigenvalue weighted by Gasteiger charge is 2.29. The number of hydrogen-bond acceptors (Lipinski definition) is 3. The minimum absolute atomic E-state index is 0.147. The summed E-state index contributed by atoms with van der Waals surface area (Å²) in [6, 6.07) is 26.5. The summed E-state index contributed by atoms with van der Waals surface area (Å²) in [6.07, 6.45) is 0.836. The summed E-state index contributed by atoms with van der Waals surface area (Å²) in [5.74, 6) is 0.858. The van der Waals surface area contributed by atoms with E-state index in [0.717, 1.165) is 34.2 Å². The zero-order chi connectivity index (χ0) is 17.9. The number of methoxy groups -OCH3 is 1. The highest BCUT2D eigenvalue weighted by atomic mass is 35.5. The van der Waals surface area contributed by atoms with Gasteiger partial charge in [-0.1, -0.05) is 54.1 Å². The fraction of sp³-hybridized carbons (Fsp3) is 0.136. The van der Waals surface area contributed by atoms with Gasteiger partial charge >= 0.3 is 0 Å². The maximum absolute atomic E-state index is 6.03. The van der Waals surface area contributed by atoms with E-state index in [1.807, 2.05) is 54.6 Å². The first-order valence-electron chi connectivity index (χ1n) is 8.56. The van der Waals surface area contributed by atoms with Crippen LogP contribution in [-0.4, -0.2) is 12.8 Å². The molecule has 26 heavy (non-hydrogen) atoms. The Labute approximate surface area is 158 Å². The van der Waals surface area contributed by atoms with Gasteiger partial charge in [0.25, 0.3) is 0 Å². The minimum Gasteiger partial charge on any atom is -0.497 e. The summed E-state index contributed by atoms with van der Waals surface area (Å²) in [6.45, 7) is 0. The summed E-state index contributed by atoms with van der Waals surface area (Å²) in [7, 11) is 1.68. The molecule has 0 bridgehead atoms. The lowest BCUT2D eigenvalue weighted by atomic mass is 9.98. The predicted octanol–water partition coefficient (Wildman–Crippen LogP) is 5.70. The number of rotatable bonds is 4. The van der Waals surface area contributed by atoms with Crippen LogP contribution >= 0.6 is 11.6 Å². The van der Waals surface area contributed by atoms with E-state index in [-0.39, 0.29) is 6.04 Å². The molecule has 0 saturated heterocycles. The highest BCUT2D eigenvalue weighted by molar-refractivity contribution is 6.30. The molecular formula is C22H19ClN2O. The lowest BCUT2D eigenvalue weighted by Gasteiger charge is -2.24. The van der Waals surface area contributed by atoms with Crippen molar-refractivity contribution in [3.63, 3.8) is 0 Å². The average molecular weight is 363 g/mol. The van der Waals surface area contributed by atoms with E-state index in [0.29, 0.717) is 0 Å². The van der Waals surface area contributed by atoms with Gasteiger partial charge in [0.1, 0.15) is 5.75 Å². The van der Waals surface area contributed by atoms with Gasteiger partial charge in [0.05, 0.1) is 24.6 Å². The molecule has 1 atom stereocenters. The van der Waals surface area contributed by atoms with Gasteiger partial charge in [-0.15, -0.1) is 0 Å². The molecule has 1 heterocycles. The number of ether oxygens (including phenoxy) is 1. The van der Waals surface area contributed by atoms with Crippen LogP contribution in [-0.2, 0) is 0 Å². The monoisotopic (exact) mass is 362 g/mol. The zero-order valence-corrected chi connectivity index (χ0v) is 15.2. The molecule has 4 rings (SSSR count). The van der Waals surface area contributed by atoms with Crippen LogP contribution in [0.25, 0.3) is 0 Å². The SMILES string of the molecule is COc1ccc([C@@H]2CC(c3ccc(Cl)cc3)=NN2c2ccccc2)cc1. The van der Waals surface area contributed by atoms with Crippen molar-refractivity contribution in [1.82, 2.24) is 0 Å². The Balaban J connectivity index is 1.71. The minimum atomic E-state index is 0.147. The third kappa shape index (κ3) is 3.31. The molecule has 0 unspecified atom stereocenters. The van der Waals surface area contributed by atoms with Crippen LogP contribution in [0.3, 0.4) is 0 Å². The third-order valence-electron chi connectivity index (χ3n) is 4.61. The number of hydrogen-bond donors (Lipinski definition) is 0. The van der Waals surface area contributed by atoms with E-state index in [1.54, 1.807) is 7.11 Å². The summed E-state index contributed by atoms with van der Waals surface area (Å²) in [5.41, 5.74) is 4.46. The quantitative estimate of drug-likeness (QED) is 0.594. The van der Waals surface area contributed by atoms with E-state index in [9.17, 15) is 0 Å². The Bertz CT molecular complexity index is 905. The molecule has 3 nitrogen and oxygen atoms in total. The van der Waals surface area contributed by atoms with Gasteiger partial charge in [-0.05, 0) is 47.5 Å². The second kappa shape index (κ2) is 7.22. The molecule has 0 spiro atoms. The molecule has 3 aromatic rings. The number of halogens is 1. The Kier molecular flexibility index (Phi) is 4.63. The van der Waals surface area contributed by atoms with Gasteiger partial charge in [0.15, 0.2) is 0 Å². The van der Waals surface area contributed by atoms with Gasteiger partial charge in [0.2, 0.25) is 0 Å². The van der Waals surface area contributed by atoms with E-state index in [4.69, 9.17) is 21.4 Å². The Hall–Kier alpha value is -2.78. The number of hydrazone groups is 1. The average Bonchev–Trinajstić information content (AvgIpc) is 3.15. The smallest absolute Gasteiger partial charge is 0.118 e. The first-order chi connectivity index (χ1) is 12.7. The van der Waals surface area contributed by atoms with Gasteiger partial charge in [-0.25, -0.2) is 0 Å². The number of anilines is 1. The molecule has 0 saturated carbocycles. The standard InChI is InChI=1S/C22H19ClN2O/c1-26-20-13-9-17(10-14-20)22-15-21(16-7-11-18(23)12-8-16)24-25(22)19-5-3-2-4-6-19/h2-14,22H,15H2,1H3/t22-/m0/s1. The molecule has 0 aliphatic carbocycles. The second-order valence-corrected chi connectivity index (χ2v) is 6.66. The van der Waals surface area contributed by atoms with Crippen LogP contribution < -0.4 is 9.75 Å². The van der Waals surface area contributed by atoms with Crippen LogP contribution in [0.1, 0.15) is 23.6 Å². The van der Waals surface area contributed by atoms with E-state index < -0.39 is 0 Å². The molecule has 4 heteroatoms. The fourth-order valence-electron chi connectivity index (χ4n) is 3.23. The van der Waals surface area contributed by atoms with Gasteiger partial charge in [0, 0.05) is 11.4 Å². The molecule has 1 aliphatic rings. The van der Waals surface area contributed by atoms with Crippen molar-refractivity contribution in [3.8, 4) is 5.75 Å². The summed E-state index contributed by atoms with van der Waals surface area (Å²) in [4.78, 5) is 0. The Morgan fingerprint density at radius 1 is 0.923 bits per heavy atom. The summed E-state index contributed by atoms with van der Waals surface area (Å²) in [5, 5.41) is 7.77. The molecule has 1 aliphatic heterocycles. The van der Waals surface area contributed by atoms with Crippen molar-refractivity contribution in [2.75, 3.05) is 12.1 Å². The molecular weight excluding hydrogens is 344 g/mol. The third-order valence-corrected chi connectivity index (χ3v) is 4.86. The van der Waals surface area contributed by atoms with Crippen LogP contribution in [0.15, 0.2) is 84.0 Å². The number of nitrogens with zero attached hydrogens (tertiary/aromatic N) is 2. The van der Waals surface area contributed by atoms with Crippen LogP contribution in [0, 0.1) is 0 Å². The molecule has 130 valence electrons. The Morgan fingerprint density at radius 2 is 1.62 bits per heavy atom. The van der Waals surface area contributed by atoms with Gasteiger partial charge in [-0.2, -0.15) is 5.10 Å². The number of benzene rings is 3. The van der Waals surface area contributed by atoms with Crippen molar-refractivity contribution in [2.24, 2.45) is 5.10 Å². The molecule has 0 fully saturated rings. The van der Waals surface area contributed by atoms with Gasteiger partial charge < -0.3 is 4.74 Å². The second-order valence-electron chi connectivity index (χ2n) is 6.23. The fourth-order valence-corrected chi connectivity index (χ4v) is 3.36. The van der Waals surface area contributed by atoms with Crippen LogP contribution in [0.4, 0.5) is 5.69 Å². The van der Waals surface area contributed by atoms with Crippen molar-refractivity contribution in [1.29, 1.82) is 0 Å². The van der Waals surface area contributed by atoms with Crippen LogP contribution in [0.2, 0.25) is 5.02 Å². The van der Waals surface area contributed by atoms with Crippen molar-refractivity contribution in [3.05, 3.63) is 95.0 Å². The lowest BCUT2D eigenvalue weighted by molar-refractivity contribution is 0.414. The van der Waals surface area contributed by atoms with Crippen LogP contribution in [0.5, 0.6) is 5.75 Å². The summed E-state index contributed by atoms with van der Waals surface area (Å²) < 4.78 is 5.29. The lowest BCUT2D eigenvalue weighted by Crippen LogP contribution is -2.18. The first-order valence-corrected chi connectivity index (χ1v) is 8.94. The molecule has 0 N–H and O–H groups in total. The maximum Gasteiger partial charge on any atom is 0.118 e. The normalized spacial score (nSPS) is 16.5. The zero-order valence-electron chi connectivity index (χ0n) is 14.5. The highest BCUT2D eigenvalue weighted by Crippen LogP contribution is 2.37. The van der Waals surface area contributed by atoms with E-state index in [2.05, 4.69) is 29.3 Å². The van der Waals surface area contributed by atoms with Crippen molar-refractivity contribution >= 4 is 23.0 Å². The molecule has 0 aromatic heterocycles. The number of para-hydroxylation sites is 1. The molecule has 3 aromatic carbocycles. The largest absolute Gasteiger partial charge is 0.497 e. The first kappa shape index (κ1) is 16.7. The maximum atomic E-state index is 6.03. The Morgan fingerprint density at radius 3 is 2.27 bits per heavy atom. The predicted molar refractivity (Wildman–Crippen MR) is 107 cm³/mol. The van der Waals surface area contributed by atoms with Gasteiger partial charge in [-0.3, -0.25) is 5.01 Å². The molecule has 0 amide bonds. The van der Waals surface area contributed by atoms with E-state index >= 15 is 0 Å². The van der Waals surface area contributed by atoms with Crippen molar-refractivity contribution < 1.29 is 4.74 Å². The van der Waals surface area contributed by atoms with Crippen molar-refractivity contribution in [2.45, 2.75) is 12.5 Å². The topological polar surface area (TPSA) is 24.8 Å². The molecule has 0 radical (unpaired) electrons. The van der Waals surface area contributed by atoms with E-state index in [1.165, 1.54) is 5.56 Å².